The molecule has 9 heteroatoms. The molecular weight excluding hydrogens is 380 g/mol. The normalized spacial score (nSPS) is 18.1. The highest BCUT2D eigenvalue weighted by Gasteiger charge is 2.24. The number of carbonyl (C=O) groups excluding carboxylic acids is 1. The Bertz CT molecular complexity index is 763. The molecule has 3 rings (SSSR count). The summed E-state index contributed by atoms with van der Waals surface area (Å²) in [6.45, 7) is 0.639. The zero-order valence-electron chi connectivity index (χ0n) is 14.4. The lowest BCUT2D eigenvalue weighted by Crippen LogP contribution is -2.28. The van der Waals surface area contributed by atoms with E-state index in [0.717, 1.165) is 12.8 Å². The van der Waals surface area contributed by atoms with Crippen molar-refractivity contribution in [2.45, 2.75) is 49.5 Å². The Morgan fingerprint density at radius 1 is 1.27 bits per heavy atom. The molecule has 0 aromatic heterocycles. The van der Waals surface area contributed by atoms with Crippen molar-refractivity contribution in [2.75, 3.05) is 25.1 Å². The van der Waals surface area contributed by atoms with Crippen molar-refractivity contribution in [3.05, 3.63) is 17.2 Å². The molecule has 0 radical (unpaired) electrons. The minimum Gasteiger partial charge on any atom is -0.482 e. The monoisotopic (exact) mass is 402 g/mol. The van der Waals surface area contributed by atoms with Crippen LogP contribution in [0.15, 0.2) is 17.0 Å². The molecule has 26 heavy (non-hydrogen) atoms. The average molecular weight is 403 g/mol. The summed E-state index contributed by atoms with van der Waals surface area (Å²) in [5.74, 6) is -0.0183. The van der Waals surface area contributed by atoms with Gasteiger partial charge in [0.15, 0.2) is 6.61 Å². The highest BCUT2D eigenvalue weighted by molar-refractivity contribution is 7.89. The highest BCUT2D eigenvalue weighted by Crippen LogP contribution is 2.35. The third-order valence-electron chi connectivity index (χ3n) is 4.48. The van der Waals surface area contributed by atoms with Crippen LogP contribution in [0.5, 0.6) is 5.75 Å². The summed E-state index contributed by atoms with van der Waals surface area (Å²) in [7, 11) is -3.77. The zero-order chi connectivity index (χ0) is 18.6. The van der Waals surface area contributed by atoms with E-state index in [1.54, 1.807) is 0 Å². The fourth-order valence-electron chi connectivity index (χ4n) is 3.13. The number of sulfonamides is 1. The lowest BCUT2D eigenvalue weighted by molar-refractivity contribution is -0.118. The summed E-state index contributed by atoms with van der Waals surface area (Å²) >= 11 is 6.08. The van der Waals surface area contributed by atoms with Crippen LogP contribution in [0.4, 0.5) is 5.69 Å². The van der Waals surface area contributed by atoms with E-state index in [2.05, 4.69) is 10.0 Å². The number of rotatable bonds is 7. The number of hydrogen-bond donors (Lipinski definition) is 2. The van der Waals surface area contributed by atoms with Crippen LogP contribution in [0.1, 0.15) is 38.5 Å². The van der Waals surface area contributed by atoms with E-state index in [1.165, 1.54) is 31.4 Å². The first kappa shape index (κ1) is 19.4. The number of carbonyl (C=O) groups is 1. The molecular formula is C17H23ClN2O5S. The SMILES string of the molecule is O=C1COc2cc(S(=O)(=O)NCCCOC3CCCCC3)c(Cl)cc2N1. The fourth-order valence-corrected chi connectivity index (χ4v) is 4.74. The summed E-state index contributed by atoms with van der Waals surface area (Å²) < 4.78 is 38.6. The molecule has 1 heterocycles. The number of amides is 1. The van der Waals surface area contributed by atoms with E-state index in [4.69, 9.17) is 21.1 Å². The summed E-state index contributed by atoms with van der Waals surface area (Å²) in [6, 6.07) is 2.71. The lowest BCUT2D eigenvalue weighted by Gasteiger charge is -2.22. The van der Waals surface area contributed by atoms with Crippen molar-refractivity contribution < 1.29 is 22.7 Å². The average Bonchev–Trinajstić information content (AvgIpc) is 2.61. The van der Waals surface area contributed by atoms with Gasteiger partial charge in [0, 0.05) is 19.2 Å². The number of anilines is 1. The van der Waals surface area contributed by atoms with Gasteiger partial charge in [0.2, 0.25) is 10.0 Å². The summed E-state index contributed by atoms with van der Waals surface area (Å²) in [5, 5.41) is 2.62. The molecule has 1 amide bonds. The topological polar surface area (TPSA) is 93.7 Å². The summed E-state index contributed by atoms with van der Waals surface area (Å²) in [6.07, 6.45) is 6.76. The number of ether oxygens (including phenoxy) is 2. The van der Waals surface area contributed by atoms with Crippen LogP contribution < -0.4 is 14.8 Å². The van der Waals surface area contributed by atoms with Crippen LogP contribution in [0, 0.1) is 0 Å². The number of halogens is 1. The molecule has 7 nitrogen and oxygen atoms in total. The highest BCUT2D eigenvalue weighted by atomic mass is 35.5. The smallest absolute Gasteiger partial charge is 0.262 e. The fraction of sp³-hybridized carbons (Fsp3) is 0.588. The molecule has 144 valence electrons. The second-order valence-electron chi connectivity index (χ2n) is 6.50. The molecule has 0 unspecified atom stereocenters. The third kappa shape index (κ3) is 4.88. The first-order chi connectivity index (χ1) is 12.5. The molecule has 0 saturated heterocycles. The van der Waals surface area contributed by atoms with Gasteiger partial charge in [-0.1, -0.05) is 30.9 Å². The van der Waals surface area contributed by atoms with Gasteiger partial charge in [0.05, 0.1) is 16.8 Å². The van der Waals surface area contributed by atoms with Crippen molar-refractivity contribution in [3.8, 4) is 5.75 Å². The van der Waals surface area contributed by atoms with Crippen LogP contribution in [-0.2, 0) is 19.6 Å². The minimum absolute atomic E-state index is 0.0282. The van der Waals surface area contributed by atoms with E-state index in [0.29, 0.717) is 24.8 Å². The Balaban J connectivity index is 1.53. The molecule has 1 aliphatic heterocycles. The third-order valence-corrected chi connectivity index (χ3v) is 6.40. The van der Waals surface area contributed by atoms with Crippen molar-refractivity contribution in [2.24, 2.45) is 0 Å². The van der Waals surface area contributed by atoms with E-state index < -0.39 is 10.0 Å². The first-order valence-electron chi connectivity index (χ1n) is 8.83. The Labute approximate surface area is 158 Å². The van der Waals surface area contributed by atoms with Crippen LogP contribution in [0.3, 0.4) is 0 Å². The van der Waals surface area contributed by atoms with E-state index in [-0.39, 0.29) is 34.7 Å². The Morgan fingerprint density at radius 3 is 2.81 bits per heavy atom. The summed E-state index contributed by atoms with van der Waals surface area (Å²) in [4.78, 5) is 11.2. The first-order valence-corrected chi connectivity index (χ1v) is 10.7. The van der Waals surface area contributed by atoms with Gasteiger partial charge in [-0.15, -0.1) is 0 Å². The molecule has 1 aliphatic carbocycles. The van der Waals surface area contributed by atoms with Gasteiger partial charge in [-0.3, -0.25) is 4.79 Å². The van der Waals surface area contributed by atoms with E-state index in [1.807, 2.05) is 0 Å². The maximum Gasteiger partial charge on any atom is 0.262 e. The van der Waals surface area contributed by atoms with Gasteiger partial charge in [-0.05, 0) is 25.3 Å². The Morgan fingerprint density at radius 2 is 2.04 bits per heavy atom. The van der Waals surface area contributed by atoms with Crippen LogP contribution >= 0.6 is 11.6 Å². The molecule has 2 aliphatic rings. The van der Waals surface area contributed by atoms with Crippen LogP contribution in [-0.4, -0.2) is 40.2 Å². The summed E-state index contributed by atoms with van der Waals surface area (Å²) in [5.41, 5.74) is 0.367. The molecule has 0 bridgehead atoms. The van der Waals surface area contributed by atoms with Crippen LogP contribution in [0.2, 0.25) is 5.02 Å². The van der Waals surface area contributed by atoms with Crippen molar-refractivity contribution in [3.63, 3.8) is 0 Å². The predicted octanol–water partition coefficient (Wildman–Crippen LogP) is 2.69. The Hall–Kier alpha value is -1.35. The zero-order valence-corrected chi connectivity index (χ0v) is 16.0. The van der Waals surface area contributed by atoms with Gasteiger partial charge >= 0.3 is 0 Å². The molecule has 1 aromatic rings. The number of benzene rings is 1. The standard InChI is InChI=1S/C17H23ClN2O5S/c18-13-9-14-15(25-11-17(21)20-14)10-16(13)26(22,23)19-7-4-8-24-12-5-2-1-3-6-12/h9-10,12,19H,1-8,11H2,(H,20,21). The largest absolute Gasteiger partial charge is 0.482 e. The van der Waals surface area contributed by atoms with Gasteiger partial charge < -0.3 is 14.8 Å². The van der Waals surface area contributed by atoms with Gasteiger partial charge in [0.25, 0.3) is 5.91 Å². The maximum atomic E-state index is 12.5. The second kappa shape index (κ2) is 8.56. The molecule has 2 N–H and O–H groups in total. The molecule has 1 fully saturated rings. The van der Waals surface area contributed by atoms with Gasteiger partial charge in [-0.25, -0.2) is 13.1 Å². The second-order valence-corrected chi connectivity index (χ2v) is 8.64. The van der Waals surface area contributed by atoms with E-state index >= 15 is 0 Å². The van der Waals surface area contributed by atoms with Crippen LogP contribution in [0.25, 0.3) is 0 Å². The number of fused-ring (bicyclic) bond motifs is 1. The Kier molecular flexibility index (Phi) is 6.39. The molecule has 0 atom stereocenters. The molecule has 1 aromatic carbocycles. The molecule has 0 spiro atoms. The van der Waals surface area contributed by atoms with Crippen molar-refractivity contribution in [1.29, 1.82) is 0 Å². The number of hydrogen-bond acceptors (Lipinski definition) is 5. The van der Waals surface area contributed by atoms with Gasteiger partial charge in [-0.2, -0.15) is 0 Å². The maximum absolute atomic E-state index is 12.5. The van der Waals surface area contributed by atoms with Gasteiger partial charge in [0.1, 0.15) is 10.6 Å². The van der Waals surface area contributed by atoms with E-state index in [9.17, 15) is 13.2 Å². The van der Waals surface area contributed by atoms with Crippen molar-refractivity contribution >= 4 is 33.2 Å². The van der Waals surface area contributed by atoms with Crippen molar-refractivity contribution in [1.82, 2.24) is 4.72 Å². The lowest BCUT2D eigenvalue weighted by atomic mass is 9.98. The number of nitrogens with one attached hydrogen (secondary N) is 2. The quantitative estimate of drug-likeness (QED) is 0.684. The molecule has 1 saturated carbocycles. The minimum atomic E-state index is -3.77. The predicted molar refractivity (Wildman–Crippen MR) is 98.2 cm³/mol.